The molecule has 32 heavy (non-hydrogen) atoms. The van der Waals surface area contributed by atoms with Gasteiger partial charge in [0.05, 0.1) is 5.52 Å². The molecule has 1 aliphatic heterocycles. The van der Waals surface area contributed by atoms with Crippen LogP contribution in [0.4, 0.5) is 4.39 Å². The van der Waals surface area contributed by atoms with Crippen LogP contribution in [0.3, 0.4) is 0 Å². The van der Waals surface area contributed by atoms with Gasteiger partial charge in [0.2, 0.25) is 15.9 Å². The summed E-state index contributed by atoms with van der Waals surface area (Å²) in [5.41, 5.74) is 2.19. The average Bonchev–Trinajstić information content (AvgIpc) is 2.78. The summed E-state index contributed by atoms with van der Waals surface area (Å²) in [6.07, 6.45) is 2.11. The fourth-order valence-electron chi connectivity index (χ4n) is 4.16. The topological polar surface area (TPSA) is 70.6 Å². The number of fused-ring (bicyclic) bond motifs is 1. The Morgan fingerprint density at radius 1 is 1.09 bits per heavy atom. The van der Waals surface area contributed by atoms with Gasteiger partial charge < -0.3 is 4.90 Å². The minimum Gasteiger partial charge on any atom is -0.340 e. The second-order valence-electron chi connectivity index (χ2n) is 8.30. The van der Waals surface area contributed by atoms with Gasteiger partial charge in [-0.2, -0.15) is 4.31 Å². The molecule has 0 N–H and O–H groups in total. The number of amides is 1. The van der Waals surface area contributed by atoms with Crippen molar-refractivity contribution < 1.29 is 17.6 Å². The first-order valence-corrected chi connectivity index (χ1v) is 12.1. The van der Waals surface area contributed by atoms with Crippen molar-refractivity contribution in [2.24, 2.45) is 5.92 Å². The maximum absolute atomic E-state index is 13.4. The molecule has 2 heterocycles. The van der Waals surface area contributed by atoms with Crippen LogP contribution in [0.5, 0.6) is 0 Å². The first kappa shape index (κ1) is 22.4. The molecule has 1 atom stereocenters. The molecule has 0 radical (unpaired) electrons. The minimum atomic E-state index is -3.73. The van der Waals surface area contributed by atoms with Gasteiger partial charge in [-0.15, -0.1) is 0 Å². The summed E-state index contributed by atoms with van der Waals surface area (Å²) < 4.78 is 41.5. The van der Waals surface area contributed by atoms with E-state index < -0.39 is 10.0 Å². The van der Waals surface area contributed by atoms with E-state index in [1.54, 1.807) is 35.4 Å². The first-order valence-electron chi connectivity index (χ1n) is 10.6. The molecule has 1 unspecified atom stereocenters. The number of aromatic nitrogens is 1. The number of nitrogens with zero attached hydrogens (tertiary/aromatic N) is 3. The molecule has 0 saturated carbocycles. The number of sulfonamides is 1. The third kappa shape index (κ3) is 4.52. The van der Waals surface area contributed by atoms with E-state index in [4.69, 9.17) is 0 Å². The van der Waals surface area contributed by atoms with E-state index in [0.717, 1.165) is 16.5 Å². The highest BCUT2D eigenvalue weighted by Gasteiger charge is 2.32. The maximum atomic E-state index is 13.4. The summed E-state index contributed by atoms with van der Waals surface area (Å²) in [7, 11) is -3.73. The quantitative estimate of drug-likeness (QED) is 0.591. The van der Waals surface area contributed by atoms with E-state index in [0.29, 0.717) is 25.0 Å². The van der Waals surface area contributed by atoms with Crippen molar-refractivity contribution in [2.75, 3.05) is 26.2 Å². The van der Waals surface area contributed by atoms with Gasteiger partial charge in [0, 0.05) is 43.7 Å². The van der Waals surface area contributed by atoms with Gasteiger partial charge in [-0.25, -0.2) is 12.8 Å². The number of piperazine rings is 1. The van der Waals surface area contributed by atoms with E-state index in [1.807, 2.05) is 26.0 Å². The number of rotatable bonds is 5. The number of carbonyl (C=O) groups is 1. The van der Waals surface area contributed by atoms with Crippen molar-refractivity contribution in [1.82, 2.24) is 14.2 Å². The highest BCUT2D eigenvalue weighted by atomic mass is 32.2. The highest BCUT2D eigenvalue weighted by Crippen LogP contribution is 2.26. The van der Waals surface area contributed by atoms with E-state index in [-0.39, 0.29) is 35.6 Å². The zero-order valence-electron chi connectivity index (χ0n) is 18.2. The molecule has 1 fully saturated rings. The Morgan fingerprint density at radius 3 is 2.53 bits per heavy atom. The van der Waals surface area contributed by atoms with E-state index in [1.165, 1.54) is 16.4 Å². The highest BCUT2D eigenvalue weighted by molar-refractivity contribution is 7.89. The van der Waals surface area contributed by atoms with Crippen LogP contribution in [0.15, 0.2) is 59.6 Å². The summed E-state index contributed by atoms with van der Waals surface area (Å²) in [5, 5.41) is 0.783. The first-order chi connectivity index (χ1) is 15.3. The molecule has 1 aromatic heterocycles. The molecule has 4 rings (SSSR count). The Hall–Kier alpha value is -2.84. The molecule has 0 spiro atoms. The van der Waals surface area contributed by atoms with E-state index in [2.05, 4.69) is 4.98 Å². The second-order valence-corrected chi connectivity index (χ2v) is 10.2. The zero-order valence-corrected chi connectivity index (χ0v) is 19.0. The Labute approximate surface area is 187 Å². The molecular formula is C24H26FN3O3S. The molecule has 0 bridgehead atoms. The SMILES string of the molecule is Cc1cnc2c(S(=O)(=O)N3CCN(C(=O)C(C)Cc4cccc(F)c4)CC3)cccc2c1. The lowest BCUT2D eigenvalue weighted by atomic mass is 9.99. The summed E-state index contributed by atoms with van der Waals surface area (Å²) in [6, 6.07) is 13.3. The fourth-order valence-corrected chi connectivity index (χ4v) is 5.74. The monoisotopic (exact) mass is 455 g/mol. The van der Waals surface area contributed by atoms with Gasteiger partial charge in [-0.05, 0) is 48.7 Å². The molecule has 1 amide bonds. The van der Waals surface area contributed by atoms with Crippen LogP contribution in [-0.4, -0.2) is 54.7 Å². The number of benzene rings is 2. The fraction of sp³-hybridized carbons (Fsp3) is 0.333. The molecular weight excluding hydrogens is 429 g/mol. The van der Waals surface area contributed by atoms with Crippen molar-refractivity contribution >= 4 is 26.8 Å². The van der Waals surface area contributed by atoms with Gasteiger partial charge in [-0.1, -0.05) is 31.2 Å². The predicted molar refractivity (Wildman–Crippen MR) is 121 cm³/mol. The lowest BCUT2D eigenvalue weighted by molar-refractivity contribution is -0.136. The molecule has 2 aromatic carbocycles. The number of para-hydroxylation sites is 1. The van der Waals surface area contributed by atoms with Crippen LogP contribution in [0.25, 0.3) is 10.9 Å². The van der Waals surface area contributed by atoms with Crippen LogP contribution in [0.2, 0.25) is 0 Å². The van der Waals surface area contributed by atoms with E-state index in [9.17, 15) is 17.6 Å². The maximum Gasteiger partial charge on any atom is 0.245 e. The second kappa shape index (κ2) is 8.96. The van der Waals surface area contributed by atoms with Crippen molar-refractivity contribution in [1.29, 1.82) is 0 Å². The smallest absolute Gasteiger partial charge is 0.245 e. The number of carbonyl (C=O) groups excluding carboxylic acids is 1. The molecule has 8 heteroatoms. The Morgan fingerprint density at radius 2 is 1.81 bits per heavy atom. The van der Waals surface area contributed by atoms with Crippen molar-refractivity contribution in [3.05, 3.63) is 71.7 Å². The van der Waals surface area contributed by atoms with Gasteiger partial charge in [0.25, 0.3) is 0 Å². The lowest BCUT2D eigenvalue weighted by Gasteiger charge is -2.35. The van der Waals surface area contributed by atoms with Gasteiger partial charge in [-0.3, -0.25) is 9.78 Å². The van der Waals surface area contributed by atoms with Crippen LogP contribution >= 0.6 is 0 Å². The Bertz CT molecular complexity index is 1250. The minimum absolute atomic E-state index is 0.0476. The standard InChI is InChI=1S/C24H26FN3O3S/c1-17-13-20-6-4-8-22(23(20)26-16-17)32(30,31)28-11-9-27(10-12-28)24(29)18(2)14-19-5-3-7-21(25)15-19/h3-8,13,15-16,18H,9-12,14H2,1-2H3. The van der Waals surface area contributed by atoms with Crippen LogP contribution in [0.1, 0.15) is 18.1 Å². The largest absolute Gasteiger partial charge is 0.340 e. The van der Waals surface area contributed by atoms with Crippen LogP contribution in [0, 0.1) is 18.7 Å². The van der Waals surface area contributed by atoms with Crippen LogP contribution in [-0.2, 0) is 21.2 Å². The number of hydrogen-bond donors (Lipinski definition) is 0. The molecule has 0 aliphatic carbocycles. The summed E-state index contributed by atoms with van der Waals surface area (Å²) >= 11 is 0. The lowest BCUT2D eigenvalue weighted by Crippen LogP contribution is -2.51. The van der Waals surface area contributed by atoms with Crippen molar-refractivity contribution in [3.63, 3.8) is 0 Å². The molecule has 1 saturated heterocycles. The molecule has 3 aromatic rings. The number of hydrogen-bond acceptors (Lipinski definition) is 4. The van der Waals surface area contributed by atoms with Gasteiger partial charge >= 0.3 is 0 Å². The van der Waals surface area contributed by atoms with Crippen LogP contribution < -0.4 is 0 Å². The Kier molecular flexibility index (Phi) is 6.26. The average molecular weight is 456 g/mol. The van der Waals surface area contributed by atoms with Crippen molar-refractivity contribution in [2.45, 2.75) is 25.2 Å². The third-order valence-electron chi connectivity index (χ3n) is 5.83. The van der Waals surface area contributed by atoms with Crippen molar-refractivity contribution in [3.8, 4) is 0 Å². The Balaban J connectivity index is 1.44. The molecule has 1 aliphatic rings. The molecule has 168 valence electrons. The number of pyridine rings is 1. The number of aryl methyl sites for hydroxylation is 1. The summed E-state index contributed by atoms with van der Waals surface area (Å²) in [6.45, 7) is 4.83. The summed E-state index contributed by atoms with van der Waals surface area (Å²) in [4.78, 5) is 19.1. The normalized spacial score (nSPS) is 16.3. The third-order valence-corrected chi connectivity index (χ3v) is 7.76. The predicted octanol–water partition coefficient (Wildman–Crippen LogP) is 3.39. The van der Waals surface area contributed by atoms with E-state index >= 15 is 0 Å². The van der Waals surface area contributed by atoms with Gasteiger partial charge in [0.15, 0.2) is 0 Å². The van der Waals surface area contributed by atoms with Gasteiger partial charge in [0.1, 0.15) is 10.7 Å². The summed E-state index contributed by atoms with van der Waals surface area (Å²) in [5.74, 6) is -0.682. The number of halogens is 1. The molecule has 6 nitrogen and oxygen atoms in total. The zero-order chi connectivity index (χ0) is 22.9.